The van der Waals surface area contributed by atoms with Gasteiger partial charge in [0.2, 0.25) is 0 Å². The number of fused-ring (bicyclic) bond motifs is 6. The fraction of sp³-hybridized carbons (Fsp3) is 0.0408. The number of para-hydroxylation sites is 2. The number of nitrogens with zero attached hydrogens (tertiary/aromatic N) is 1. The molecule has 0 bridgehead atoms. The number of allylic oxidation sites excluding steroid dienone is 7. The van der Waals surface area contributed by atoms with Gasteiger partial charge in [-0.1, -0.05) is 140 Å². The first-order valence-electron chi connectivity index (χ1n) is 17.5. The molecule has 0 N–H and O–H groups in total. The molecule has 1 aliphatic rings. The van der Waals surface area contributed by atoms with Crippen LogP contribution in [0, 0.1) is 11.3 Å². The predicted octanol–water partition coefficient (Wildman–Crippen LogP) is 14.0. The zero-order valence-corrected chi connectivity index (χ0v) is 29.5. The van der Waals surface area contributed by atoms with Crippen molar-refractivity contribution in [2.45, 2.75) is 13.3 Å². The monoisotopic (exact) mass is 683 g/mol. The summed E-state index contributed by atoms with van der Waals surface area (Å²) >= 11 is 1.84. The zero-order valence-electron chi connectivity index (χ0n) is 28.7. The van der Waals surface area contributed by atoms with Crippen molar-refractivity contribution in [2.75, 3.05) is 0 Å². The Labute approximate surface area is 307 Å². The fourth-order valence-corrected chi connectivity index (χ4v) is 9.11. The molecule has 0 amide bonds. The van der Waals surface area contributed by atoms with Gasteiger partial charge in [-0.25, -0.2) is 0 Å². The Morgan fingerprint density at radius 2 is 1.33 bits per heavy atom. The van der Waals surface area contributed by atoms with Crippen molar-refractivity contribution in [3.05, 3.63) is 186 Å². The minimum absolute atomic E-state index is 0.636. The van der Waals surface area contributed by atoms with Crippen LogP contribution < -0.4 is 0 Å². The standard InChI is InChI=1S/C49H33NOS/c1-3-12-32(13-4-2)41-24-25-45-44-23-11-20-40(48(44)52-49(41)45)37-27-31(30-50)26-36(29-37)34-16-8-17-35(28-34)39-19-10-22-43-42-21-9-18-38(46(42)51-47(39)43)33-14-6-5-7-15-33/h3-24,26-29H,1,25H2,2H3/b13-4-,32-12+. The third-order valence-electron chi connectivity index (χ3n) is 10.0. The number of furan rings is 1. The molecule has 0 atom stereocenters. The molecule has 246 valence electrons. The summed E-state index contributed by atoms with van der Waals surface area (Å²) in [5.74, 6) is 0. The van der Waals surface area contributed by atoms with Gasteiger partial charge in [0.1, 0.15) is 11.2 Å². The predicted molar refractivity (Wildman–Crippen MR) is 220 cm³/mol. The number of nitriles is 1. The SMILES string of the molecule is C=C/C=C(\C=C/C)C1=CCc2c1sc1c(-c3cc(C#N)cc(-c4cccc(-c5cccc6c5oc5c(-c7ccccc7)cccc56)c4)c3)cccc21. The van der Waals surface area contributed by atoms with Crippen molar-refractivity contribution in [3.8, 4) is 50.6 Å². The van der Waals surface area contributed by atoms with Crippen LogP contribution in [0.4, 0.5) is 0 Å². The van der Waals surface area contributed by atoms with Gasteiger partial charge in [-0.3, -0.25) is 0 Å². The van der Waals surface area contributed by atoms with Crippen LogP contribution in [0.5, 0.6) is 0 Å². The third kappa shape index (κ3) is 5.24. The lowest BCUT2D eigenvalue weighted by Gasteiger charge is -2.11. The van der Waals surface area contributed by atoms with Gasteiger partial charge in [-0.15, -0.1) is 11.3 Å². The van der Waals surface area contributed by atoms with Crippen LogP contribution in [0.3, 0.4) is 0 Å². The highest BCUT2D eigenvalue weighted by molar-refractivity contribution is 7.21. The molecule has 0 saturated carbocycles. The largest absolute Gasteiger partial charge is 0.455 e. The quantitative estimate of drug-likeness (QED) is 0.157. The summed E-state index contributed by atoms with van der Waals surface area (Å²) in [5.41, 5.74) is 14.8. The lowest BCUT2D eigenvalue weighted by Crippen LogP contribution is -1.87. The van der Waals surface area contributed by atoms with Crippen molar-refractivity contribution >= 4 is 48.9 Å². The molecule has 0 saturated heterocycles. The Hall–Kier alpha value is -6.47. The van der Waals surface area contributed by atoms with E-state index in [1.807, 2.05) is 42.5 Å². The van der Waals surface area contributed by atoms with Crippen LogP contribution in [-0.2, 0) is 6.42 Å². The molecule has 0 spiro atoms. The second kappa shape index (κ2) is 13.0. The highest BCUT2D eigenvalue weighted by Crippen LogP contribution is 2.47. The summed E-state index contributed by atoms with van der Waals surface area (Å²) in [4.78, 5) is 1.31. The summed E-state index contributed by atoms with van der Waals surface area (Å²) in [7, 11) is 0. The molecule has 2 heterocycles. The molecule has 0 aliphatic heterocycles. The molecular formula is C49H33NOS. The van der Waals surface area contributed by atoms with Gasteiger partial charge >= 0.3 is 0 Å². The molecule has 6 aromatic carbocycles. The molecule has 2 aromatic heterocycles. The summed E-state index contributed by atoms with van der Waals surface area (Å²) in [5, 5.41) is 13.7. The van der Waals surface area contributed by atoms with Crippen molar-refractivity contribution in [1.29, 1.82) is 5.26 Å². The molecule has 0 unspecified atom stereocenters. The summed E-state index contributed by atoms with van der Waals surface area (Å²) in [6.45, 7) is 6.00. The molecule has 2 nitrogen and oxygen atoms in total. The first-order valence-corrected chi connectivity index (χ1v) is 18.3. The van der Waals surface area contributed by atoms with Gasteiger partial charge in [-0.2, -0.15) is 5.26 Å². The van der Waals surface area contributed by atoms with E-state index in [1.165, 1.54) is 31.7 Å². The number of hydrogen-bond donors (Lipinski definition) is 0. The molecule has 0 fully saturated rings. The highest BCUT2D eigenvalue weighted by atomic mass is 32.1. The van der Waals surface area contributed by atoms with Gasteiger partial charge in [0.25, 0.3) is 0 Å². The number of hydrogen-bond acceptors (Lipinski definition) is 3. The van der Waals surface area contributed by atoms with Crippen LogP contribution in [0.15, 0.2) is 174 Å². The summed E-state index contributed by atoms with van der Waals surface area (Å²) in [6.07, 6.45) is 11.4. The zero-order chi connectivity index (χ0) is 35.2. The Bertz CT molecular complexity index is 2850. The van der Waals surface area contributed by atoms with Crippen LogP contribution in [0.2, 0.25) is 0 Å². The number of benzene rings is 6. The van der Waals surface area contributed by atoms with Gasteiger partial charge in [0.05, 0.1) is 11.6 Å². The average Bonchev–Trinajstić information content (AvgIpc) is 3.90. The second-order valence-corrected chi connectivity index (χ2v) is 14.1. The maximum atomic E-state index is 10.2. The normalized spacial score (nSPS) is 12.8. The van der Waals surface area contributed by atoms with E-state index in [0.717, 1.165) is 72.9 Å². The Kier molecular flexibility index (Phi) is 7.88. The Morgan fingerprint density at radius 3 is 2.06 bits per heavy atom. The minimum atomic E-state index is 0.636. The molecule has 3 heteroatoms. The number of thiophene rings is 1. The summed E-state index contributed by atoms with van der Waals surface area (Å²) < 4.78 is 7.99. The summed E-state index contributed by atoms with van der Waals surface area (Å²) in [6, 6.07) is 47.0. The Morgan fingerprint density at radius 1 is 0.692 bits per heavy atom. The molecular weight excluding hydrogens is 651 g/mol. The number of rotatable bonds is 7. The molecule has 9 rings (SSSR count). The maximum Gasteiger partial charge on any atom is 0.143 e. The van der Waals surface area contributed by atoms with Crippen LogP contribution in [-0.4, -0.2) is 0 Å². The van der Waals surface area contributed by atoms with Crippen molar-refractivity contribution in [1.82, 2.24) is 0 Å². The first kappa shape index (κ1) is 31.5. The lowest BCUT2D eigenvalue weighted by atomic mass is 9.93. The second-order valence-electron chi connectivity index (χ2n) is 13.1. The van der Waals surface area contributed by atoms with E-state index in [-0.39, 0.29) is 0 Å². The van der Waals surface area contributed by atoms with Gasteiger partial charge < -0.3 is 4.42 Å². The third-order valence-corrected chi connectivity index (χ3v) is 11.3. The van der Waals surface area contributed by atoms with Crippen molar-refractivity contribution in [2.24, 2.45) is 0 Å². The van der Waals surface area contributed by atoms with E-state index in [9.17, 15) is 5.26 Å². The minimum Gasteiger partial charge on any atom is -0.455 e. The molecule has 8 aromatic rings. The molecule has 52 heavy (non-hydrogen) atoms. The van der Waals surface area contributed by atoms with Crippen LogP contribution in [0.1, 0.15) is 22.9 Å². The molecule has 1 aliphatic carbocycles. The van der Waals surface area contributed by atoms with Crippen molar-refractivity contribution in [3.63, 3.8) is 0 Å². The highest BCUT2D eigenvalue weighted by Gasteiger charge is 2.23. The van der Waals surface area contributed by atoms with Crippen LogP contribution >= 0.6 is 11.3 Å². The van der Waals surface area contributed by atoms with E-state index in [4.69, 9.17) is 4.42 Å². The van der Waals surface area contributed by atoms with E-state index < -0.39 is 0 Å². The van der Waals surface area contributed by atoms with Crippen molar-refractivity contribution < 1.29 is 4.42 Å². The maximum absolute atomic E-state index is 10.2. The van der Waals surface area contributed by atoms with Gasteiger partial charge in [0, 0.05) is 31.5 Å². The lowest BCUT2D eigenvalue weighted by molar-refractivity contribution is 0.671. The first-order chi connectivity index (χ1) is 25.6. The average molecular weight is 684 g/mol. The van der Waals surface area contributed by atoms with E-state index >= 15 is 0 Å². The topological polar surface area (TPSA) is 36.9 Å². The van der Waals surface area contributed by atoms with Gasteiger partial charge in [-0.05, 0) is 93.1 Å². The molecule has 0 radical (unpaired) electrons. The Balaban J connectivity index is 1.15. The van der Waals surface area contributed by atoms with Crippen LogP contribution in [0.25, 0.3) is 82.1 Å². The smallest absolute Gasteiger partial charge is 0.143 e. The van der Waals surface area contributed by atoms with E-state index in [2.05, 4.69) is 146 Å². The van der Waals surface area contributed by atoms with E-state index in [0.29, 0.717) is 5.56 Å². The van der Waals surface area contributed by atoms with Gasteiger partial charge in [0.15, 0.2) is 0 Å². The van der Waals surface area contributed by atoms with E-state index in [1.54, 1.807) is 0 Å². The fourth-order valence-electron chi connectivity index (χ4n) is 7.68.